The van der Waals surface area contributed by atoms with Gasteiger partial charge in [-0.05, 0) is 31.4 Å². The number of imide groups is 1. The summed E-state index contributed by atoms with van der Waals surface area (Å²) < 4.78 is 26.3. The van der Waals surface area contributed by atoms with Crippen molar-refractivity contribution in [3.05, 3.63) is 48.0 Å². The van der Waals surface area contributed by atoms with E-state index in [2.05, 4.69) is 15.0 Å². The fourth-order valence-electron chi connectivity index (χ4n) is 6.66. The molecule has 0 aliphatic carbocycles. The predicted molar refractivity (Wildman–Crippen MR) is 151 cm³/mol. The summed E-state index contributed by atoms with van der Waals surface area (Å²) in [5.41, 5.74) is 10.9. The number of nitrogen functional groups attached to an aromatic ring is 1. The lowest BCUT2D eigenvalue weighted by atomic mass is 9.66. The van der Waals surface area contributed by atoms with Crippen LogP contribution in [-0.2, 0) is 18.9 Å². The molecule has 1 unspecified atom stereocenters. The first-order chi connectivity index (χ1) is 20.2. The number of hydrogen-bond acceptors (Lipinski definition) is 11. The van der Waals surface area contributed by atoms with Gasteiger partial charge in [-0.1, -0.05) is 32.9 Å². The largest absolute Gasteiger partial charge is 0.450 e. The highest BCUT2D eigenvalue weighted by atomic mass is 16.8. The van der Waals surface area contributed by atoms with Gasteiger partial charge in [0, 0.05) is 12.8 Å². The first-order valence-electron chi connectivity index (χ1n) is 14.1. The third-order valence-corrected chi connectivity index (χ3v) is 8.70. The fraction of sp³-hybridized carbons (Fsp3) is 0.517. The number of nitrogens with zero attached hydrogens (tertiary/aromatic N) is 5. The van der Waals surface area contributed by atoms with Crippen LogP contribution in [0.2, 0.25) is 0 Å². The van der Waals surface area contributed by atoms with Crippen molar-refractivity contribution in [2.45, 2.75) is 83.3 Å². The van der Waals surface area contributed by atoms with Crippen molar-refractivity contribution in [3.8, 4) is 0 Å². The smallest absolute Gasteiger partial charge is 0.404 e. The summed E-state index contributed by atoms with van der Waals surface area (Å²) in [6.07, 6.45) is -0.369. The summed E-state index contributed by atoms with van der Waals surface area (Å²) in [5, 5.41) is 0. The van der Waals surface area contributed by atoms with E-state index in [0.29, 0.717) is 22.3 Å². The molecular formula is C29H35N7O7. The molecule has 3 aromatic rings. The molecule has 0 spiro atoms. The first-order valence-corrected chi connectivity index (χ1v) is 14.1. The van der Waals surface area contributed by atoms with E-state index in [1.807, 2.05) is 34.6 Å². The van der Waals surface area contributed by atoms with Crippen molar-refractivity contribution in [1.82, 2.24) is 24.4 Å². The number of imidazole rings is 1. The Morgan fingerprint density at radius 2 is 1.70 bits per heavy atom. The molecule has 6 rings (SSSR count). The van der Waals surface area contributed by atoms with Gasteiger partial charge >= 0.3 is 6.09 Å². The zero-order valence-corrected chi connectivity index (χ0v) is 24.6. The Hall–Kier alpha value is -4.14. The molecule has 1 aromatic carbocycles. The summed E-state index contributed by atoms with van der Waals surface area (Å²) in [7, 11) is 0. The fourth-order valence-corrected chi connectivity index (χ4v) is 6.66. The second kappa shape index (κ2) is 9.96. The molecule has 14 nitrogen and oxygen atoms in total. The quantitative estimate of drug-likeness (QED) is 0.384. The normalized spacial score (nSPS) is 26.0. The Balaban J connectivity index is 1.43. The second-order valence-corrected chi connectivity index (χ2v) is 12.6. The zero-order chi connectivity index (χ0) is 30.9. The summed E-state index contributed by atoms with van der Waals surface area (Å²) in [5.74, 6) is -1.59. The Morgan fingerprint density at radius 3 is 2.33 bits per heavy atom. The van der Waals surface area contributed by atoms with Crippen molar-refractivity contribution in [2.24, 2.45) is 11.1 Å². The zero-order valence-electron chi connectivity index (χ0n) is 24.6. The maximum atomic E-state index is 14.0. The van der Waals surface area contributed by atoms with Crippen LogP contribution in [0.25, 0.3) is 11.2 Å². The lowest BCUT2D eigenvalue weighted by Crippen LogP contribution is -2.62. The van der Waals surface area contributed by atoms with E-state index < -0.39 is 59.2 Å². The van der Waals surface area contributed by atoms with Crippen LogP contribution in [0.3, 0.4) is 0 Å². The van der Waals surface area contributed by atoms with Gasteiger partial charge in [-0.15, -0.1) is 0 Å². The molecule has 0 bridgehead atoms. The van der Waals surface area contributed by atoms with Gasteiger partial charge in [0.25, 0.3) is 11.8 Å². The summed E-state index contributed by atoms with van der Waals surface area (Å²) in [6.45, 7) is 9.30. The summed E-state index contributed by atoms with van der Waals surface area (Å²) in [6, 6.07) is 6.70. The van der Waals surface area contributed by atoms with E-state index in [1.165, 1.54) is 11.2 Å². The maximum absolute atomic E-state index is 14.0. The maximum Gasteiger partial charge on any atom is 0.404 e. The number of anilines is 1. The molecule has 2 aromatic heterocycles. The monoisotopic (exact) mass is 593 g/mol. The van der Waals surface area contributed by atoms with E-state index in [4.69, 9.17) is 30.4 Å². The Bertz CT molecular complexity index is 1580. The lowest BCUT2D eigenvalue weighted by molar-refractivity contribution is -0.201. The minimum absolute atomic E-state index is 0.106. The number of amides is 3. The molecule has 2 fully saturated rings. The van der Waals surface area contributed by atoms with Crippen molar-refractivity contribution in [3.63, 3.8) is 0 Å². The van der Waals surface area contributed by atoms with Gasteiger partial charge in [0.15, 0.2) is 23.5 Å². The van der Waals surface area contributed by atoms with Crippen LogP contribution >= 0.6 is 0 Å². The van der Waals surface area contributed by atoms with Gasteiger partial charge in [0.1, 0.15) is 24.1 Å². The van der Waals surface area contributed by atoms with Crippen LogP contribution in [0.4, 0.5) is 10.6 Å². The van der Waals surface area contributed by atoms with Crippen molar-refractivity contribution < 1.29 is 33.3 Å². The second-order valence-electron chi connectivity index (χ2n) is 12.6. The molecule has 5 atom stereocenters. The number of primary amides is 1. The van der Waals surface area contributed by atoms with E-state index in [0.717, 1.165) is 0 Å². The molecule has 0 saturated carbocycles. The first kappa shape index (κ1) is 29.0. The minimum atomic E-state index is -1.21. The molecule has 4 N–H and O–H groups in total. The topological polar surface area (TPSA) is 187 Å². The highest BCUT2D eigenvalue weighted by molar-refractivity contribution is 6.22. The Kier molecular flexibility index (Phi) is 6.71. The third kappa shape index (κ3) is 4.60. The highest BCUT2D eigenvalue weighted by Crippen LogP contribution is 2.51. The molecule has 3 aliphatic heterocycles. The number of benzene rings is 1. The van der Waals surface area contributed by atoms with Gasteiger partial charge in [0.05, 0.1) is 35.7 Å². The number of ether oxygens (including phenoxy) is 4. The summed E-state index contributed by atoms with van der Waals surface area (Å²) in [4.78, 5) is 53.6. The molecule has 0 radical (unpaired) electrons. The number of aromatic nitrogens is 4. The Morgan fingerprint density at radius 1 is 1.05 bits per heavy atom. The van der Waals surface area contributed by atoms with Crippen LogP contribution in [-0.4, -0.2) is 78.6 Å². The van der Waals surface area contributed by atoms with Crippen molar-refractivity contribution >= 4 is 34.9 Å². The van der Waals surface area contributed by atoms with Gasteiger partial charge in [0.2, 0.25) is 0 Å². The number of fused-ring (bicyclic) bond motifs is 3. The molecule has 228 valence electrons. The van der Waals surface area contributed by atoms with E-state index in [-0.39, 0.29) is 25.3 Å². The van der Waals surface area contributed by atoms with Crippen LogP contribution < -0.4 is 11.5 Å². The van der Waals surface area contributed by atoms with Gasteiger partial charge in [-0.25, -0.2) is 19.7 Å². The van der Waals surface area contributed by atoms with Crippen LogP contribution in [0.5, 0.6) is 0 Å². The number of carbonyl (C=O) groups excluding carboxylic acids is 3. The van der Waals surface area contributed by atoms with Crippen LogP contribution in [0.1, 0.15) is 74.4 Å². The SMILES string of the molecule is CC1(C)O[C@@H]2[C@H](O1)[C@@H](CC(CCOC(N)=O)(N1C(=O)c3ccccc3C1=O)C(C)(C)C)O[C@H]2n1cnc2c(N)ncnc21. The van der Waals surface area contributed by atoms with Gasteiger partial charge in [-0.3, -0.25) is 19.1 Å². The predicted octanol–water partition coefficient (Wildman–Crippen LogP) is 2.78. The third-order valence-electron chi connectivity index (χ3n) is 8.70. The number of rotatable bonds is 7. The molecule has 43 heavy (non-hydrogen) atoms. The lowest BCUT2D eigenvalue weighted by Gasteiger charge is -2.51. The average Bonchev–Trinajstić information content (AvgIpc) is 3.64. The Labute approximate surface area is 247 Å². The molecule has 14 heteroatoms. The number of hydrogen-bond donors (Lipinski definition) is 2. The highest BCUT2D eigenvalue weighted by Gasteiger charge is 2.62. The van der Waals surface area contributed by atoms with E-state index >= 15 is 0 Å². The standard InChI is InChI=1S/C29H35N7O7/c1-27(2,3)29(10-11-40-26(31)39,36-23(37)15-8-6-7-9-16(15)24(36)38)12-17-19-20(43-28(4,5)42-19)25(41-17)35-14-34-18-21(30)32-13-33-22(18)35/h6-9,13-14,17,19-20,25H,10-12H2,1-5H3,(H2,31,39)(H2,30,32,33)/t17-,19-,20-,25-,29?/m1/s1. The van der Waals surface area contributed by atoms with Gasteiger partial charge < -0.3 is 30.4 Å². The van der Waals surface area contributed by atoms with Crippen LogP contribution in [0, 0.1) is 5.41 Å². The molecule has 2 saturated heterocycles. The van der Waals surface area contributed by atoms with Crippen molar-refractivity contribution in [2.75, 3.05) is 12.3 Å². The summed E-state index contributed by atoms with van der Waals surface area (Å²) >= 11 is 0. The van der Waals surface area contributed by atoms with Gasteiger partial charge in [-0.2, -0.15) is 0 Å². The molecule has 3 amide bonds. The molecular weight excluding hydrogens is 558 g/mol. The number of carbonyl (C=O) groups is 3. The molecule has 3 aliphatic rings. The van der Waals surface area contributed by atoms with E-state index in [9.17, 15) is 14.4 Å². The minimum Gasteiger partial charge on any atom is -0.450 e. The van der Waals surface area contributed by atoms with Crippen LogP contribution in [0.15, 0.2) is 36.9 Å². The van der Waals surface area contributed by atoms with Crippen molar-refractivity contribution in [1.29, 1.82) is 0 Å². The molecule has 5 heterocycles. The van der Waals surface area contributed by atoms with E-state index in [1.54, 1.807) is 35.2 Å². The average molecular weight is 594 g/mol. The number of nitrogens with two attached hydrogens (primary N) is 2.